The zero-order chi connectivity index (χ0) is 18.4. The van der Waals surface area contributed by atoms with Crippen LogP contribution in [0.5, 0.6) is 11.5 Å². The van der Waals surface area contributed by atoms with Gasteiger partial charge in [0.25, 0.3) is 0 Å². The molecule has 0 saturated carbocycles. The van der Waals surface area contributed by atoms with E-state index in [4.69, 9.17) is 9.47 Å². The highest BCUT2D eigenvalue weighted by molar-refractivity contribution is 5.36. The molecular weight excluding hydrogens is 326 g/mol. The minimum Gasteiger partial charge on any atom is -0.496 e. The summed E-state index contributed by atoms with van der Waals surface area (Å²) in [5.41, 5.74) is 3.32. The number of nitrogens with zero attached hydrogens (tertiary/aromatic N) is 1. The third-order valence-electron chi connectivity index (χ3n) is 5.03. The second-order valence-electron chi connectivity index (χ2n) is 7.17. The highest BCUT2D eigenvalue weighted by atomic mass is 16.5. The maximum Gasteiger partial charge on any atom is 0.124 e. The van der Waals surface area contributed by atoms with Crippen LogP contribution in [0.3, 0.4) is 0 Å². The Morgan fingerprint density at radius 2 is 1.96 bits per heavy atom. The summed E-state index contributed by atoms with van der Waals surface area (Å²) in [6, 6.07) is 14.3. The molecule has 1 N–H and O–H groups in total. The summed E-state index contributed by atoms with van der Waals surface area (Å²) < 4.78 is 11.3. The smallest absolute Gasteiger partial charge is 0.124 e. The summed E-state index contributed by atoms with van der Waals surface area (Å²) in [4.78, 5) is 2.48. The van der Waals surface area contributed by atoms with Gasteiger partial charge in [0.05, 0.1) is 20.3 Å². The minimum absolute atomic E-state index is 0.00400. The lowest BCUT2D eigenvalue weighted by atomic mass is 9.98. The fourth-order valence-electron chi connectivity index (χ4n) is 3.59. The van der Waals surface area contributed by atoms with Gasteiger partial charge in [0.15, 0.2) is 0 Å². The molecule has 1 unspecified atom stereocenters. The van der Waals surface area contributed by atoms with Crippen molar-refractivity contribution in [3.8, 4) is 11.5 Å². The number of aryl methyl sites for hydroxylation is 1. The fraction of sp³-hybridized carbons (Fsp3) is 0.455. The average Bonchev–Trinajstić information content (AvgIpc) is 2.68. The third kappa shape index (κ3) is 4.99. The van der Waals surface area contributed by atoms with Crippen LogP contribution in [0.2, 0.25) is 0 Å². The number of rotatable bonds is 7. The first kappa shape index (κ1) is 18.7. The van der Waals surface area contributed by atoms with Gasteiger partial charge < -0.3 is 14.6 Å². The molecule has 1 aliphatic rings. The molecule has 140 valence electrons. The van der Waals surface area contributed by atoms with Crippen LogP contribution >= 0.6 is 0 Å². The van der Waals surface area contributed by atoms with Crippen LogP contribution in [0.4, 0.5) is 0 Å². The molecule has 26 heavy (non-hydrogen) atoms. The molecule has 0 radical (unpaired) electrons. The number of benzene rings is 2. The van der Waals surface area contributed by atoms with Crippen molar-refractivity contribution in [3.63, 3.8) is 0 Å². The second kappa shape index (κ2) is 9.06. The molecule has 2 aromatic carbocycles. The summed E-state index contributed by atoms with van der Waals surface area (Å²) in [5.74, 6) is 2.26. The van der Waals surface area contributed by atoms with Gasteiger partial charge in [-0.2, -0.15) is 0 Å². The first-order valence-corrected chi connectivity index (χ1v) is 9.36. The van der Waals surface area contributed by atoms with Crippen molar-refractivity contribution < 1.29 is 14.6 Å². The molecule has 1 atom stereocenters. The molecule has 0 bridgehead atoms. The predicted molar refractivity (Wildman–Crippen MR) is 104 cm³/mol. The van der Waals surface area contributed by atoms with Crippen LogP contribution in [0.1, 0.15) is 29.5 Å². The van der Waals surface area contributed by atoms with Crippen LogP contribution < -0.4 is 9.47 Å². The van der Waals surface area contributed by atoms with E-state index in [-0.39, 0.29) is 6.61 Å². The Morgan fingerprint density at radius 3 is 2.69 bits per heavy atom. The van der Waals surface area contributed by atoms with Gasteiger partial charge in [-0.1, -0.05) is 23.8 Å². The number of hydrogen-bond donors (Lipinski definition) is 1. The second-order valence-corrected chi connectivity index (χ2v) is 7.17. The van der Waals surface area contributed by atoms with Gasteiger partial charge in [-0.3, -0.25) is 4.90 Å². The number of methoxy groups -OCH3 is 1. The maximum absolute atomic E-state index is 9.51. The van der Waals surface area contributed by atoms with E-state index in [0.717, 1.165) is 43.3 Å². The normalized spacial score (nSPS) is 17.9. The molecule has 0 amide bonds. The number of ether oxygens (including phenoxy) is 2. The van der Waals surface area contributed by atoms with Crippen molar-refractivity contribution in [2.75, 3.05) is 26.8 Å². The van der Waals surface area contributed by atoms with Gasteiger partial charge in [0, 0.05) is 24.6 Å². The standard InChI is InChI=1S/C22H29NO3/c1-17-5-8-21(9-6-17)26-16-19-4-3-11-23(14-19)13-18-7-10-22(25-2)20(12-18)15-24/h5-10,12,19,24H,3-4,11,13-16H2,1-2H3. The van der Waals surface area contributed by atoms with E-state index in [1.54, 1.807) is 7.11 Å². The summed E-state index contributed by atoms with van der Waals surface area (Å²) >= 11 is 0. The largest absolute Gasteiger partial charge is 0.496 e. The van der Waals surface area contributed by atoms with Crippen LogP contribution in [0.15, 0.2) is 42.5 Å². The third-order valence-corrected chi connectivity index (χ3v) is 5.03. The predicted octanol–water partition coefficient (Wildman–Crippen LogP) is 3.79. The summed E-state index contributed by atoms with van der Waals surface area (Å²) in [6.07, 6.45) is 2.41. The van der Waals surface area contributed by atoms with E-state index in [0.29, 0.717) is 5.92 Å². The molecule has 1 fully saturated rings. The van der Waals surface area contributed by atoms with Crippen molar-refractivity contribution in [1.82, 2.24) is 4.90 Å². The quantitative estimate of drug-likeness (QED) is 0.821. The Bertz CT molecular complexity index is 699. The monoisotopic (exact) mass is 355 g/mol. The molecule has 0 aliphatic carbocycles. The summed E-state index contributed by atoms with van der Waals surface area (Å²) in [7, 11) is 1.64. The van der Waals surface area contributed by atoms with Gasteiger partial charge in [-0.15, -0.1) is 0 Å². The Balaban J connectivity index is 1.54. The molecule has 3 rings (SSSR count). The molecule has 4 heteroatoms. The number of piperidine rings is 1. The number of hydrogen-bond acceptors (Lipinski definition) is 4. The van der Waals surface area contributed by atoms with Gasteiger partial charge >= 0.3 is 0 Å². The van der Waals surface area contributed by atoms with Gasteiger partial charge in [0.2, 0.25) is 0 Å². The summed E-state index contributed by atoms with van der Waals surface area (Å²) in [5, 5.41) is 9.51. The van der Waals surface area contributed by atoms with Crippen molar-refractivity contribution in [2.45, 2.75) is 32.9 Å². The van der Waals surface area contributed by atoms with Gasteiger partial charge in [-0.05, 0) is 56.1 Å². The van der Waals surface area contributed by atoms with Crippen molar-refractivity contribution >= 4 is 0 Å². The van der Waals surface area contributed by atoms with Gasteiger partial charge in [0.1, 0.15) is 11.5 Å². The molecular formula is C22H29NO3. The molecule has 1 saturated heterocycles. The van der Waals surface area contributed by atoms with Gasteiger partial charge in [-0.25, -0.2) is 0 Å². The van der Waals surface area contributed by atoms with E-state index < -0.39 is 0 Å². The van der Waals surface area contributed by atoms with E-state index in [1.165, 1.54) is 24.0 Å². The SMILES string of the molecule is COc1ccc(CN2CCCC(COc3ccc(C)cc3)C2)cc1CO. The Hall–Kier alpha value is -2.04. The van der Waals surface area contributed by atoms with Crippen molar-refractivity contribution in [3.05, 3.63) is 59.2 Å². The van der Waals surface area contributed by atoms with Crippen LogP contribution in [0, 0.1) is 12.8 Å². The topological polar surface area (TPSA) is 41.9 Å². The highest BCUT2D eigenvalue weighted by Crippen LogP contribution is 2.24. The summed E-state index contributed by atoms with van der Waals surface area (Å²) in [6.45, 7) is 5.92. The Kier molecular flexibility index (Phi) is 6.53. The molecule has 0 spiro atoms. The van der Waals surface area contributed by atoms with Crippen molar-refractivity contribution in [1.29, 1.82) is 0 Å². The molecule has 2 aromatic rings. The lowest BCUT2D eigenvalue weighted by molar-refractivity contribution is 0.125. The Morgan fingerprint density at radius 1 is 1.15 bits per heavy atom. The maximum atomic E-state index is 9.51. The van der Waals surface area contributed by atoms with E-state index in [2.05, 4.69) is 30.0 Å². The van der Waals surface area contributed by atoms with Crippen LogP contribution in [-0.4, -0.2) is 36.8 Å². The fourth-order valence-corrected chi connectivity index (χ4v) is 3.59. The van der Waals surface area contributed by atoms with Crippen LogP contribution in [0.25, 0.3) is 0 Å². The number of aliphatic hydroxyl groups excluding tert-OH is 1. The first-order valence-electron chi connectivity index (χ1n) is 9.36. The highest BCUT2D eigenvalue weighted by Gasteiger charge is 2.21. The molecule has 0 aromatic heterocycles. The first-order chi connectivity index (χ1) is 12.7. The van der Waals surface area contributed by atoms with E-state index >= 15 is 0 Å². The van der Waals surface area contributed by atoms with Crippen molar-refractivity contribution in [2.24, 2.45) is 5.92 Å². The average molecular weight is 355 g/mol. The zero-order valence-electron chi connectivity index (χ0n) is 15.8. The molecule has 1 aliphatic heterocycles. The lowest BCUT2D eigenvalue weighted by Gasteiger charge is -2.32. The zero-order valence-corrected chi connectivity index (χ0v) is 15.8. The van der Waals surface area contributed by atoms with E-state index in [9.17, 15) is 5.11 Å². The molecule has 1 heterocycles. The minimum atomic E-state index is 0.00400. The Labute approximate surface area is 156 Å². The lowest BCUT2D eigenvalue weighted by Crippen LogP contribution is -2.37. The number of aliphatic hydroxyl groups is 1. The number of likely N-dealkylation sites (tertiary alicyclic amines) is 1. The van der Waals surface area contributed by atoms with Crippen LogP contribution in [-0.2, 0) is 13.2 Å². The van der Waals surface area contributed by atoms with E-state index in [1.807, 2.05) is 24.3 Å². The molecule has 4 nitrogen and oxygen atoms in total.